The number of amides is 1. The number of pyridine rings is 1. The van der Waals surface area contributed by atoms with Gasteiger partial charge in [0.15, 0.2) is 0 Å². The predicted molar refractivity (Wildman–Crippen MR) is 131 cm³/mol. The van der Waals surface area contributed by atoms with Crippen LogP contribution in [0.4, 0.5) is 22.2 Å². The normalized spacial score (nSPS) is 24.0. The van der Waals surface area contributed by atoms with Gasteiger partial charge in [0.2, 0.25) is 5.95 Å². The maximum absolute atomic E-state index is 12.9. The minimum absolute atomic E-state index is 0.0948. The molecule has 8 heteroatoms. The van der Waals surface area contributed by atoms with E-state index in [2.05, 4.69) is 32.4 Å². The first-order chi connectivity index (χ1) is 16.4. The van der Waals surface area contributed by atoms with Crippen molar-refractivity contribution in [3.05, 3.63) is 72.2 Å². The van der Waals surface area contributed by atoms with Gasteiger partial charge in [-0.3, -0.25) is 4.90 Å². The number of nitrogens with one attached hydrogen (secondary N) is 1. The van der Waals surface area contributed by atoms with Gasteiger partial charge in [-0.15, -0.1) is 0 Å². The fraction of sp³-hybridized carbons (Fsp3) is 0.385. The number of aromatic nitrogens is 3. The van der Waals surface area contributed by atoms with E-state index in [0.717, 1.165) is 36.8 Å². The fourth-order valence-electron chi connectivity index (χ4n) is 5.32. The topological polar surface area (TPSA) is 106 Å². The Balaban J connectivity index is 1.31. The quantitative estimate of drug-likeness (QED) is 0.541. The summed E-state index contributed by atoms with van der Waals surface area (Å²) in [6, 6.07) is 14.1. The van der Waals surface area contributed by atoms with Crippen LogP contribution in [0.5, 0.6) is 0 Å². The number of rotatable bonds is 5. The molecule has 2 fully saturated rings. The highest BCUT2D eigenvalue weighted by Crippen LogP contribution is 2.46. The fourth-order valence-corrected chi connectivity index (χ4v) is 5.32. The van der Waals surface area contributed by atoms with Gasteiger partial charge in [-0.1, -0.05) is 30.3 Å². The van der Waals surface area contributed by atoms with Crippen molar-refractivity contribution in [2.75, 3.05) is 11.1 Å². The Hall–Kier alpha value is -3.68. The number of carbonyl (C=O) groups is 1. The summed E-state index contributed by atoms with van der Waals surface area (Å²) in [7, 11) is 0. The molecule has 2 aromatic heterocycles. The molecule has 3 heterocycles. The van der Waals surface area contributed by atoms with E-state index in [4.69, 9.17) is 10.5 Å². The number of hydrogen-bond donors (Lipinski definition) is 2. The third-order valence-electron chi connectivity index (χ3n) is 6.93. The minimum Gasteiger partial charge on any atom is -0.441 e. The summed E-state index contributed by atoms with van der Waals surface area (Å²) in [5.41, 5.74) is 8.48. The van der Waals surface area contributed by atoms with Crippen LogP contribution in [0, 0.1) is 0 Å². The molecule has 5 rings (SSSR count). The molecule has 1 aliphatic carbocycles. The molecule has 2 aliphatic rings. The third kappa shape index (κ3) is 4.27. The number of carbonyl (C=O) groups excluding carboxylic acids is 1. The van der Waals surface area contributed by atoms with Crippen molar-refractivity contribution in [1.29, 1.82) is 0 Å². The lowest BCUT2D eigenvalue weighted by atomic mass is 9.80. The summed E-state index contributed by atoms with van der Waals surface area (Å²) in [4.78, 5) is 27.7. The first kappa shape index (κ1) is 22.1. The van der Waals surface area contributed by atoms with Crippen LogP contribution in [-0.2, 0) is 4.74 Å². The first-order valence-electron chi connectivity index (χ1n) is 11.8. The van der Waals surface area contributed by atoms with E-state index in [-0.39, 0.29) is 18.2 Å². The highest BCUT2D eigenvalue weighted by molar-refractivity contribution is 5.72. The number of nitrogens with two attached hydrogens (primary N) is 1. The zero-order valence-electron chi connectivity index (χ0n) is 19.5. The van der Waals surface area contributed by atoms with Gasteiger partial charge >= 0.3 is 6.09 Å². The smallest absolute Gasteiger partial charge is 0.411 e. The summed E-state index contributed by atoms with van der Waals surface area (Å²) in [5.74, 6) is 1.25. The number of cyclic esters (lactones) is 1. The van der Waals surface area contributed by atoms with Crippen molar-refractivity contribution in [3.8, 4) is 0 Å². The second-order valence-electron chi connectivity index (χ2n) is 9.60. The van der Waals surface area contributed by atoms with E-state index in [1.807, 2.05) is 49.2 Å². The van der Waals surface area contributed by atoms with Gasteiger partial charge < -0.3 is 15.8 Å². The second-order valence-corrected chi connectivity index (χ2v) is 9.60. The highest BCUT2D eigenvalue weighted by atomic mass is 16.6. The van der Waals surface area contributed by atoms with Crippen molar-refractivity contribution < 1.29 is 9.53 Å². The lowest BCUT2D eigenvalue weighted by molar-refractivity contribution is 0.0664. The standard InChI is InChI=1S/C26H30N6O2/c1-26(2)22(18-7-4-3-5-8-18)32(25(33)34-26)20-11-9-17(10-12-20)19-15-21(23(27)30-16-19)31-24-28-13-6-14-29-24/h3-8,13-17,20,22H,9-12H2,1-2H3,(H2,27,30)(H,28,29,31). The molecule has 3 N–H and O–H groups in total. The van der Waals surface area contributed by atoms with Gasteiger partial charge in [0.25, 0.3) is 0 Å². The van der Waals surface area contributed by atoms with Crippen LogP contribution in [0.15, 0.2) is 61.1 Å². The SMILES string of the molecule is CC1(C)OC(=O)N(C2CCC(c3cnc(N)c(Nc4ncccn4)c3)CC2)C1c1ccccc1. The molecule has 1 aliphatic heterocycles. The van der Waals surface area contributed by atoms with Crippen molar-refractivity contribution in [3.63, 3.8) is 0 Å². The van der Waals surface area contributed by atoms with Crippen molar-refractivity contribution in [1.82, 2.24) is 19.9 Å². The van der Waals surface area contributed by atoms with E-state index in [1.165, 1.54) is 0 Å². The van der Waals surface area contributed by atoms with Crippen LogP contribution in [0.1, 0.15) is 62.6 Å². The van der Waals surface area contributed by atoms with Gasteiger partial charge in [-0.25, -0.2) is 19.7 Å². The minimum atomic E-state index is -0.573. The lowest BCUT2D eigenvalue weighted by Gasteiger charge is -2.38. The number of hydrogen-bond acceptors (Lipinski definition) is 7. The van der Waals surface area contributed by atoms with Gasteiger partial charge in [0.1, 0.15) is 11.4 Å². The Kier molecular flexibility index (Phi) is 5.81. The number of benzene rings is 1. The molecule has 0 bridgehead atoms. The Morgan fingerprint density at radius 2 is 1.71 bits per heavy atom. The van der Waals surface area contributed by atoms with Crippen molar-refractivity contribution in [2.45, 2.75) is 63.1 Å². The van der Waals surface area contributed by atoms with E-state index in [9.17, 15) is 4.79 Å². The second kappa shape index (κ2) is 8.93. The van der Waals surface area contributed by atoms with Crippen molar-refractivity contribution in [2.24, 2.45) is 0 Å². The van der Waals surface area contributed by atoms with Crippen LogP contribution < -0.4 is 11.1 Å². The number of anilines is 3. The summed E-state index contributed by atoms with van der Waals surface area (Å²) in [6.45, 7) is 4.00. The van der Waals surface area contributed by atoms with Crippen LogP contribution in [0.2, 0.25) is 0 Å². The van der Waals surface area contributed by atoms with Gasteiger partial charge in [0.05, 0.1) is 11.7 Å². The average Bonchev–Trinajstić information content (AvgIpc) is 3.09. The molecule has 1 amide bonds. The molecule has 0 spiro atoms. The molecule has 176 valence electrons. The van der Waals surface area contributed by atoms with Crippen LogP contribution in [-0.4, -0.2) is 37.6 Å². The largest absolute Gasteiger partial charge is 0.441 e. The molecule has 0 radical (unpaired) electrons. The molecule has 8 nitrogen and oxygen atoms in total. The Bertz CT molecular complexity index is 1150. The highest BCUT2D eigenvalue weighted by Gasteiger charge is 2.51. The van der Waals surface area contributed by atoms with Gasteiger partial charge in [0, 0.05) is 24.6 Å². The molecule has 1 saturated carbocycles. The Morgan fingerprint density at radius 1 is 1.00 bits per heavy atom. The molecular weight excluding hydrogens is 428 g/mol. The van der Waals surface area contributed by atoms with Crippen LogP contribution in [0.3, 0.4) is 0 Å². The van der Waals surface area contributed by atoms with E-state index >= 15 is 0 Å². The monoisotopic (exact) mass is 458 g/mol. The van der Waals surface area contributed by atoms with E-state index < -0.39 is 5.60 Å². The third-order valence-corrected chi connectivity index (χ3v) is 6.93. The molecule has 1 unspecified atom stereocenters. The number of ether oxygens (including phenoxy) is 1. The summed E-state index contributed by atoms with van der Waals surface area (Å²) >= 11 is 0. The zero-order chi connectivity index (χ0) is 23.7. The summed E-state index contributed by atoms with van der Waals surface area (Å²) in [6.07, 6.45) is 8.74. The molecular formula is C26H30N6O2. The molecule has 1 atom stereocenters. The lowest BCUT2D eigenvalue weighted by Crippen LogP contribution is -2.42. The van der Waals surface area contributed by atoms with Crippen LogP contribution >= 0.6 is 0 Å². The molecule has 3 aromatic rings. The maximum atomic E-state index is 12.9. The number of nitrogens with zero attached hydrogens (tertiary/aromatic N) is 4. The molecule has 1 saturated heterocycles. The van der Waals surface area contributed by atoms with Gasteiger partial charge in [-0.05, 0) is 68.7 Å². The molecule has 1 aromatic carbocycles. The van der Waals surface area contributed by atoms with Crippen molar-refractivity contribution >= 4 is 23.5 Å². The zero-order valence-corrected chi connectivity index (χ0v) is 19.5. The Morgan fingerprint density at radius 3 is 2.41 bits per heavy atom. The first-order valence-corrected chi connectivity index (χ1v) is 11.8. The molecule has 34 heavy (non-hydrogen) atoms. The summed E-state index contributed by atoms with van der Waals surface area (Å²) in [5, 5.41) is 3.16. The summed E-state index contributed by atoms with van der Waals surface area (Å²) < 4.78 is 5.82. The van der Waals surface area contributed by atoms with Crippen LogP contribution in [0.25, 0.3) is 0 Å². The number of nitrogen functional groups attached to an aromatic ring is 1. The maximum Gasteiger partial charge on any atom is 0.411 e. The van der Waals surface area contributed by atoms with Gasteiger partial charge in [-0.2, -0.15) is 0 Å². The predicted octanol–water partition coefficient (Wildman–Crippen LogP) is 5.20. The van der Waals surface area contributed by atoms with E-state index in [1.54, 1.807) is 18.5 Å². The average molecular weight is 459 g/mol. The Labute approximate surface area is 199 Å². The van der Waals surface area contributed by atoms with E-state index in [0.29, 0.717) is 23.4 Å².